The van der Waals surface area contributed by atoms with Gasteiger partial charge in [0.05, 0.1) is 12.6 Å². The summed E-state index contributed by atoms with van der Waals surface area (Å²) in [5.74, 6) is 0.534. The fourth-order valence-electron chi connectivity index (χ4n) is 1.77. The van der Waals surface area contributed by atoms with Crippen LogP contribution in [0.5, 0.6) is 5.88 Å². The maximum absolute atomic E-state index is 11.0. The van der Waals surface area contributed by atoms with E-state index in [4.69, 9.17) is 4.74 Å². The van der Waals surface area contributed by atoms with Crippen LogP contribution in [0.1, 0.15) is 18.1 Å². The summed E-state index contributed by atoms with van der Waals surface area (Å²) in [6, 6.07) is 8.04. The summed E-state index contributed by atoms with van der Waals surface area (Å²) in [5, 5.41) is 1.03. The molecule has 0 aliphatic carbocycles. The van der Waals surface area contributed by atoms with Gasteiger partial charge in [0, 0.05) is 10.9 Å². The number of carbonyl (C=O) groups is 1. The van der Waals surface area contributed by atoms with Crippen LogP contribution >= 0.6 is 0 Å². The number of rotatable bonds is 3. The van der Waals surface area contributed by atoms with E-state index in [1.807, 2.05) is 31.2 Å². The number of hydrogen-bond acceptors (Lipinski definition) is 3. The van der Waals surface area contributed by atoms with Crippen molar-refractivity contribution in [2.24, 2.45) is 0 Å². The van der Waals surface area contributed by atoms with Gasteiger partial charge in [0.15, 0.2) is 5.78 Å². The van der Waals surface area contributed by atoms with E-state index in [1.165, 1.54) is 13.0 Å². The topological polar surface area (TPSA) is 39.2 Å². The second-order valence-electron chi connectivity index (χ2n) is 4.23. The molecule has 0 aliphatic heterocycles. The molecule has 18 heavy (non-hydrogen) atoms. The summed E-state index contributed by atoms with van der Waals surface area (Å²) in [6.45, 7) is 3.54. The summed E-state index contributed by atoms with van der Waals surface area (Å²) >= 11 is 0. The van der Waals surface area contributed by atoms with E-state index in [-0.39, 0.29) is 5.78 Å². The number of hydrogen-bond donors (Lipinski definition) is 0. The Hall–Kier alpha value is -2.16. The molecule has 0 saturated heterocycles. The smallest absolute Gasteiger partial charge is 0.221 e. The Morgan fingerprint density at radius 1 is 1.33 bits per heavy atom. The lowest BCUT2D eigenvalue weighted by Gasteiger charge is -2.06. The number of nitrogens with zero attached hydrogens (tertiary/aromatic N) is 1. The van der Waals surface area contributed by atoms with E-state index in [0.717, 1.165) is 22.0 Å². The molecule has 92 valence electrons. The maximum atomic E-state index is 11.0. The lowest BCUT2D eigenvalue weighted by atomic mass is 10.1. The highest BCUT2D eigenvalue weighted by atomic mass is 16.5. The highest BCUT2D eigenvalue weighted by molar-refractivity contribution is 5.93. The van der Waals surface area contributed by atoms with Crippen molar-refractivity contribution in [2.75, 3.05) is 7.11 Å². The normalized spacial score (nSPS) is 11.1. The molecule has 0 fully saturated rings. The predicted octanol–water partition coefficient (Wildman–Crippen LogP) is 3.15. The number of carbonyl (C=O) groups excluding carboxylic acids is 1. The molecule has 1 aromatic carbocycles. The third-order valence-electron chi connectivity index (χ3n) is 2.66. The fraction of sp³-hybridized carbons (Fsp3) is 0.200. The molecule has 3 heteroatoms. The number of fused-ring (bicyclic) bond motifs is 1. The molecule has 1 aromatic heterocycles. The lowest BCUT2D eigenvalue weighted by molar-refractivity contribution is -0.112. The van der Waals surface area contributed by atoms with Crippen molar-refractivity contribution in [3.8, 4) is 5.88 Å². The number of ether oxygens (including phenoxy) is 1. The number of ketones is 1. The molecule has 1 heterocycles. The molecule has 0 N–H and O–H groups in total. The quantitative estimate of drug-likeness (QED) is 0.775. The zero-order valence-corrected chi connectivity index (χ0v) is 10.7. The SMILES string of the molecule is COc1nc2cc(C)ccc2cc1C=CC(C)=O. The number of aryl methyl sites for hydroxylation is 1. The van der Waals surface area contributed by atoms with E-state index < -0.39 is 0 Å². The van der Waals surface area contributed by atoms with Gasteiger partial charge < -0.3 is 4.74 Å². The largest absolute Gasteiger partial charge is 0.481 e. The van der Waals surface area contributed by atoms with Gasteiger partial charge in [0.1, 0.15) is 0 Å². The maximum Gasteiger partial charge on any atom is 0.221 e. The Morgan fingerprint density at radius 2 is 2.11 bits per heavy atom. The van der Waals surface area contributed by atoms with Crippen molar-refractivity contribution in [1.29, 1.82) is 0 Å². The van der Waals surface area contributed by atoms with Crippen LogP contribution in [-0.2, 0) is 4.79 Å². The molecule has 0 saturated carbocycles. The van der Waals surface area contributed by atoms with Gasteiger partial charge in [-0.3, -0.25) is 4.79 Å². The van der Waals surface area contributed by atoms with Crippen molar-refractivity contribution in [2.45, 2.75) is 13.8 Å². The van der Waals surface area contributed by atoms with Gasteiger partial charge in [-0.1, -0.05) is 12.1 Å². The predicted molar refractivity (Wildman–Crippen MR) is 72.7 cm³/mol. The Bertz CT molecular complexity index is 630. The van der Waals surface area contributed by atoms with Crippen LogP contribution in [0.25, 0.3) is 17.0 Å². The summed E-state index contributed by atoms with van der Waals surface area (Å²) in [4.78, 5) is 15.4. The van der Waals surface area contributed by atoms with Crippen molar-refractivity contribution >= 4 is 22.8 Å². The standard InChI is InChI=1S/C15H15NO2/c1-10-4-6-12-9-13(7-5-11(2)17)15(18-3)16-14(12)8-10/h4-9H,1-3H3. The molecule has 0 spiro atoms. The van der Waals surface area contributed by atoms with Crippen molar-refractivity contribution in [3.63, 3.8) is 0 Å². The number of benzene rings is 1. The van der Waals surface area contributed by atoms with Crippen molar-refractivity contribution < 1.29 is 9.53 Å². The van der Waals surface area contributed by atoms with Crippen LogP contribution in [-0.4, -0.2) is 17.9 Å². The molecule has 0 bridgehead atoms. The molecule has 2 aromatic rings. The number of aromatic nitrogens is 1. The van der Waals surface area contributed by atoms with Crippen molar-refractivity contribution in [1.82, 2.24) is 4.98 Å². The molecule has 2 rings (SSSR count). The first-order chi connectivity index (χ1) is 8.60. The summed E-state index contributed by atoms with van der Waals surface area (Å²) in [5.41, 5.74) is 2.86. The van der Waals surface area contributed by atoms with Gasteiger partial charge in [-0.15, -0.1) is 0 Å². The van der Waals surface area contributed by atoms with Crippen LogP contribution in [0.4, 0.5) is 0 Å². The van der Waals surface area contributed by atoms with Gasteiger partial charge in [-0.05, 0) is 43.7 Å². The number of allylic oxidation sites excluding steroid dienone is 1. The van der Waals surface area contributed by atoms with Crippen LogP contribution in [0, 0.1) is 6.92 Å². The lowest BCUT2D eigenvalue weighted by Crippen LogP contribution is -1.93. The Morgan fingerprint density at radius 3 is 2.78 bits per heavy atom. The molecule has 0 amide bonds. The van der Waals surface area contributed by atoms with Gasteiger partial charge in [0.2, 0.25) is 5.88 Å². The second kappa shape index (κ2) is 5.00. The minimum atomic E-state index is 0.000978. The van der Waals surface area contributed by atoms with Crippen LogP contribution in [0.15, 0.2) is 30.3 Å². The summed E-state index contributed by atoms with van der Waals surface area (Å²) < 4.78 is 5.25. The van der Waals surface area contributed by atoms with E-state index in [2.05, 4.69) is 4.98 Å². The first kappa shape index (κ1) is 12.3. The van der Waals surface area contributed by atoms with Gasteiger partial charge in [0.25, 0.3) is 0 Å². The Balaban J connectivity index is 2.59. The average molecular weight is 241 g/mol. The molecule has 0 unspecified atom stereocenters. The second-order valence-corrected chi connectivity index (χ2v) is 4.23. The monoisotopic (exact) mass is 241 g/mol. The molecule has 0 radical (unpaired) electrons. The highest BCUT2D eigenvalue weighted by Crippen LogP contribution is 2.24. The average Bonchev–Trinajstić information content (AvgIpc) is 2.35. The van der Waals surface area contributed by atoms with E-state index in [1.54, 1.807) is 13.2 Å². The minimum Gasteiger partial charge on any atom is -0.481 e. The number of pyridine rings is 1. The molecule has 0 aliphatic rings. The third kappa shape index (κ3) is 2.56. The van der Waals surface area contributed by atoms with Gasteiger partial charge >= 0.3 is 0 Å². The van der Waals surface area contributed by atoms with E-state index >= 15 is 0 Å². The molecular formula is C15H15NO2. The Kier molecular flexibility index (Phi) is 3.42. The molecule has 3 nitrogen and oxygen atoms in total. The third-order valence-corrected chi connectivity index (χ3v) is 2.66. The first-order valence-electron chi connectivity index (χ1n) is 5.74. The summed E-state index contributed by atoms with van der Waals surface area (Å²) in [7, 11) is 1.58. The van der Waals surface area contributed by atoms with Gasteiger partial charge in [-0.25, -0.2) is 4.98 Å². The number of methoxy groups -OCH3 is 1. The summed E-state index contributed by atoms with van der Waals surface area (Å²) in [6.07, 6.45) is 3.24. The van der Waals surface area contributed by atoms with Crippen LogP contribution < -0.4 is 4.74 Å². The van der Waals surface area contributed by atoms with E-state index in [0.29, 0.717) is 5.88 Å². The highest BCUT2D eigenvalue weighted by Gasteiger charge is 2.05. The zero-order chi connectivity index (χ0) is 13.1. The zero-order valence-electron chi connectivity index (χ0n) is 10.7. The van der Waals surface area contributed by atoms with Crippen molar-refractivity contribution in [3.05, 3.63) is 41.5 Å². The first-order valence-corrected chi connectivity index (χ1v) is 5.74. The molecule has 0 atom stereocenters. The fourth-order valence-corrected chi connectivity index (χ4v) is 1.77. The Labute approximate surface area is 106 Å². The van der Waals surface area contributed by atoms with Crippen LogP contribution in [0.3, 0.4) is 0 Å². The van der Waals surface area contributed by atoms with Crippen LogP contribution in [0.2, 0.25) is 0 Å². The van der Waals surface area contributed by atoms with Gasteiger partial charge in [-0.2, -0.15) is 0 Å². The van der Waals surface area contributed by atoms with E-state index in [9.17, 15) is 4.79 Å². The molecular weight excluding hydrogens is 226 g/mol. The minimum absolute atomic E-state index is 0.000978.